The highest BCUT2D eigenvalue weighted by Gasteiger charge is 2.21. The van der Waals surface area contributed by atoms with E-state index in [4.69, 9.17) is 5.11 Å². The summed E-state index contributed by atoms with van der Waals surface area (Å²) in [6.07, 6.45) is 3.53. The molecule has 0 saturated carbocycles. The first-order valence-corrected chi connectivity index (χ1v) is 5.07. The van der Waals surface area contributed by atoms with Gasteiger partial charge in [0.2, 0.25) is 0 Å². The molecule has 0 radical (unpaired) electrons. The third-order valence-corrected chi connectivity index (χ3v) is 2.93. The van der Waals surface area contributed by atoms with Crippen LogP contribution in [0.5, 0.6) is 0 Å². The molecule has 0 saturated heterocycles. The Labute approximate surface area is 83.6 Å². The minimum Gasteiger partial charge on any atom is -0.481 e. The van der Waals surface area contributed by atoms with E-state index in [1.165, 1.54) is 11.1 Å². The summed E-state index contributed by atoms with van der Waals surface area (Å²) < 4.78 is 0. The molecule has 0 aliphatic heterocycles. The van der Waals surface area contributed by atoms with Crippen LogP contribution >= 0.6 is 0 Å². The van der Waals surface area contributed by atoms with Gasteiger partial charge in [-0.3, -0.25) is 4.79 Å². The Balaban J connectivity index is 2.26. The summed E-state index contributed by atoms with van der Waals surface area (Å²) in [5.41, 5.74) is 2.55. The Morgan fingerprint density at radius 2 is 2.00 bits per heavy atom. The van der Waals surface area contributed by atoms with Crippen LogP contribution in [0.3, 0.4) is 0 Å². The summed E-state index contributed by atoms with van der Waals surface area (Å²) in [7, 11) is 0. The molecule has 14 heavy (non-hydrogen) atoms. The molecule has 1 N–H and O–H groups in total. The van der Waals surface area contributed by atoms with Gasteiger partial charge in [0.1, 0.15) is 0 Å². The van der Waals surface area contributed by atoms with Crippen molar-refractivity contribution in [3.05, 3.63) is 35.4 Å². The quantitative estimate of drug-likeness (QED) is 0.690. The Morgan fingerprint density at radius 3 is 2.71 bits per heavy atom. The zero-order valence-corrected chi connectivity index (χ0v) is 8.07. The van der Waals surface area contributed by atoms with Crippen molar-refractivity contribution >= 4 is 5.97 Å². The fourth-order valence-corrected chi connectivity index (χ4v) is 2.12. The maximum absolute atomic E-state index is 10.9. The maximum atomic E-state index is 10.9. The number of fused-ring (bicyclic) bond motifs is 1. The monoisotopic (exact) mass is 190 g/mol. The van der Waals surface area contributed by atoms with Crippen LogP contribution in [-0.4, -0.2) is 11.1 Å². The number of hydrogen-bond donors (Lipinski definition) is 1. The van der Waals surface area contributed by atoms with Crippen LogP contribution in [-0.2, 0) is 17.6 Å². The number of benzene rings is 1. The normalized spacial score (nSPS) is 21.0. The standard InChI is InChI=1S/C12H14O2/c13-12(14)11-7-3-6-9-4-1-2-5-10(9)8-11/h1-2,4-5,11H,3,6-8H2,(H,13,14)/t11-/m1/s1. The van der Waals surface area contributed by atoms with Crippen LogP contribution < -0.4 is 0 Å². The first kappa shape index (κ1) is 9.25. The molecule has 2 nitrogen and oxygen atoms in total. The zero-order valence-electron chi connectivity index (χ0n) is 8.07. The number of carboxylic acids is 1. The first-order valence-electron chi connectivity index (χ1n) is 5.07. The molecular weight excluding hydrogens is 176 g/mol. The van der Waals surface area contributed by atoms with Crippen molar-refractivity contribution in [2.75, 3.05) is 0 Å². The van der Waals surface area contributed by atoms with Gasteiger partial charge in [0, 0.05) is 0 Å². The molecule has 0 unspecified atom stereocenters. The molecule has 1 aromatic rings. The zero-order chi connectivity index (χ0) is 9.97. The van der Waals surface area contributed by atoms with Gasteiger partial charge in [0.15, 0.2) is 0 Å². The lowest BCUT2D eigenvalue weighted by molar-refractivity contribution is -0.141. The molecule has 0 bridgehead atoms. The lowest BCUT2D eigenvalue weighted by Crippen LogP contribution is -2.15. The fourth-order valence-electron chi connectivity index (χ4n) is 2.12. The van der Waals surface area contributed by atoms with Gasteiger partial charge in [-0.05, 0) is 36.8 Å². The predicted octanol–water partition coefficient (Wildman–Crippen LogP) is 2.27. The van der Waals surface area contributed by atoms with E-state index in [2.05, 4.69) is 12.1 Å². The van der Waals surface area contributed by atoms with E-state index in [1.807, 2.05) is 12.1 Å². The fraction of sp³-hybridized carbons (Fsp3) is 0.417. The summed E-state index contributed by atoms with van der Waals surface area (Å²) in [6, 6.07) is 8.18. The van der Waals surface area contributed by atoms with Gasteiger partial charge in [-0.25, -0.2) is 0 Å². The first-order chi connectivity index (χ1) is 6.77. The third kappa shape index (κ3) is 1.79. The molecule has 1 atom stereocenters. The second-order valence-corrected chi connectivity index (χ2v) is 3.90. The summed E-state index contributed by atoms with van der Waals surface area (Å²) in [4.78, 5) is 10.9. The van der Waals surface area contributed by atoms with Crippen molar-refractivity contribution in [2.24, 2.45) is 5.92 Å². The van der Waals surface area contributed by atoms with Gasteiger partial charge in [0.25, 0.3) is 0 Å². The van der Waals surface area contributed by atoms with E-state index in [9.17, 15) is 4.79 Å². The molecule has 0 fully saturated rings. The van der Waals surface area contributed by atoms with Crippen molar-refractivity contribution in [1.82, 2.24) is 0 Å². The molecule has 0 amide bonds. The van der Waals surface area contributed by atoms with E-state index in [0.29, 0.717) is 6.42 Å². The Hall–Kier alpha value is -1.31. The molecule has 2 heteroatoms. The average Bonchev–Trinajstić information content (AvgIpc) is 2.39. The number of rotatable bonds is 1. The minimum atomic E-state index is -0.651. The lowest BCUT2D eigenvalue weighted by Gasteiger charge is -2.08. The average molecular weight is 190 g/mol. The predicted molar refractivity (Wildman–Crippen MR) is 54.2 cm³/mol. The Kier molecular flexibility index (Phi) is 2.53. The van der Waals surface area contributed by atoms with Crippen LogP contribution in [0.1, 0.15) is 24.0 Å². The van der Waals surface area contributed by atoms with Crippen LogP contribution in [0, 0.1) is 5.92 Å². The van der Waals surface area contributed by atoms with Crippen LogP contribution in [0.25, 0.3) is 0 Å². The molecule has 0 heterocycles. The molecule has 2 rings (SSSR count). The third-order valence-electron chi connectivity index (χ3n) is 2.93. The van der Waals surface area contributed by atoms with E-state index in [0.717, 1.165) is 19.3 Å². The van der Waals surface area contributed by atoms with E-state index >= 15 is 0 Å². The minimum absolute atomic E-state index is 0.182. The van der Waals surface area contributed by atoms with E-state index < -0.39 is 5.97 Å². The highest BCUT2D eigenvalue weighted by Crippen LogP contribution is 2.24. The highest BCUT2D eigenvalue weighted by molar-refractivity contribution is 5.70. The summed E-state index contributed by atoms with van der Waals surface area (Å²) in [6.45, 7) is 0. The van der Waals surface area contributed by atoms with Crippen LogP contribution in [0.2, 0.25) is 0 Å². The summed E-state index contributed by atoms with van der Waals surface area (Å²) >= 11 is 0. The number of hydrogen-bond acceptors (Lipinski definition) is 1. The number of carboxylic acid groups (broad SMARTS) is 1. The van der Waals surface area contributed by atoms with Crippen molar-refractivity contribution in [3.8, 4) is 0 Å². The van der Waals surface area contributed by atoms with Gasteiger partial charge in [-0.1, -0.05) is 24.3 Å². The SMILES string of the molecule is O=C(O)[C@@H]1CCCc2ccccc2C1. The molecular formula is C12H14O2. The number of carbonyl (C=O) groups is 1. The van der Waals surface area contributed by atoms with E-state index in [1.54, 1.807) is 0 Å². The van der Waals surface area contributed by atoms with Crippen LogP contribution in [0.4, 0.5) is 0 Å². The van der Waals surface area contributed by atoms with Crippen molar-refractivity contribution < 1.29 is 9.90 Å². The number of aliphatic carboxylic acids is 1. The molecule has 1 aliphatic carbocycles. The maximum Gasteiger partial charge on any atom is 0.306 e. The van der Waals surface area contributed by atoms with Gasteiger partial charge in [-0.15, -0.1) is 0 Å². The molecule has 74 valence electrons. The highest BCUT2D eigenvalue weighted by atomic mass is 16.4. The smallest absolute Gasteiger partial charge is 0.306 e. The molecule has 1 aliphatic rings. The van der Waals surface area contributed by atoms with Crippen molar-refractivity contribution in [3.63, 3.8) is 0 Å². The second kappa shape index (κ2) is 3.82. The van der Waals surface area contributed by atoms with Gasteiger partial charge in [0.05, 0.1) is 5.92 Å². The van der Waals surface area contributed by atoms with Gasteiger partial charge >= 0.3 is 5.97 Å². The number of aryl methyl sites for hydroxylation is 1. The summed E-state index contributed by atoms with van der Waals surface area (Å²) in [5, 5.41) is 8.99. The molecule has 0 aromatic heterocycles. The van der Waals surface area contributed by atoms with E-state index in [-0.39, 0.29) is 5.92 Å². The largest absolute Gasteiger partial charge is 0.481 e. The van der Waals surface area contributed by atoms with Crippen molar-refractivity contribution in [2.45, 2.75) is 25.7 Å². The molecule has 0 spiro atoms. The summed E-state index contributed by atoms with van der Waals surface area (Å²) in [5.74, 6) is -0.833. The van der Waals surface area contributed by atoms with Gasteiger partial charge in [-0.2, -0.15) is 0 Å². The van der Waals surface area contributed by atoms with Crippen LogP contribution in [0.15, 0.2) is 24.3 Å². The van der Waals surface area contributed by atoms with Crippen molar-refractivity contribution in [1.29, 1.82) is 0 Å². The Morgan fingerprint density at radius 1 is 1.29 bits per heavy atom. The Bertz CT molecular complexity index is 344. The topological polar surface area (TPSA) is 37.3 Å². The second-order valence-electron chi connectivity index (χ2n) is 3.90. The lowest BCUT2D eigenvalue weighted by atomic mass is 9.97. The van der Waals surface area contributed by atoms with Gasteiger partial charge < -0.3 is 5.11 Å². The molecule has 1 aromatic carbocycles.